The highest BCUT2D eigenvalue weighted by Gasteiger charge is 2.30. The maximum absolute atomic E-state index is 11.7. The van der Waals surface area contributed by atoms with Gasteiger partial charge in [-0.2, -0.15) is 0 Å². The van der Waals surface area contributed by atoms with E-state index in [2.05, 4.69) is 6.58 Å². The third-order valence-corrected chi connectivity index (χ3v) is 2.13. The summed E-state index contributed by atoms with van der Waals surface area (Å²) >= 11 is 0. The zero-order valence-corrected chi connectivity index (χ0v) is 10.9. The molecule has 0 saturated heterocycles. The number of hydrogen-bond donors (Lipinski definition) is 0. The molecule has 0 aliphatic rings. The first kappa shape index (κ1) is 16.4. The Balaban J connectivity index is 4.59. The normalized spacial score (nSPS) is 11.4. The minimum absolute atomic E-state index is 0.187. The molecule has 0 aliphatic heterocycles. The number of carbonyl (C=O) groups is 3. The van der Waals surface area contributed by atoms with E-state index in [4.69, 9.17) is 9.47 Å². The smallest absolute Gasteiger partial charge is 0.355 e. The molecule has 18 heavy (non-hydrogen) atoms. The highest BCUT2D eigenvalue weighted by molar-refractivity contribution is 6.04. The summed E-state index contributed by atoms with van der Waals surface area (Å²) in [5, 5.41) is 0. The molecule has 0 aliphatic carbocycles. The summed E-state index contributed by atoms with van der Waals surface area (Å²) in [4.78, 5) is 34.4. The van der Waals surface area contributed by atoms with E-state index < -0.39 is 23.8 Å². The molecule has 0 spiro atoms. The molecule has 5 heteroatoms. The van der Waals surface area contributed by atoms with Crippen molar-refractivity contribution in [1.82, 2.24) is 0 Å². The van der Waals surface area contributed by atoms with Crippen molar-refractivity contribution < 1.29 is 23.9 Å². The predicted molar refractivity (Wildman–Crippen MR) is 65.9 cm³/mol. The zero-order valence-electron chi connectivity index (χ0n) is 10.9. The quantitative estimate of drug-likeness (QED) is 0.357. The molecule has 0 heterocycles. The molecule has 5 nitrogen and oxygen atoms in total. The van der Waals surface area contributed by atoms with Gasteiger partial charge in [0.15, 0.2) is 5.78 Å². The molecule has 0 aromatic heterocycles. The van der Waals surface area contributed by atoms with E-state index in [-0.39, 0.29) is 13.0 Å². The van der Waals surface area contributed by atoms with Crippen LogP contribution in [-0.2, 0) is 23.9 Å². The molecule has 0 radical (unpaired) electrons. The lowest BCUT2D eigenvalue weighted by Gasteiger charge is -2.14. The fourth-order valence-corrected chi connectivity index (χ4v) is 1.17. The number of Topliss-reactive ketones (excluding diaryl/α,β-unsaturated/α-hetero) is 1. The molecule has 0 aromatic rings. The maximum atomic E-state index is 11.7. The summed E-state index contributed by atoms with van der Waals surface area (Å²) in [5.41, 5.74) is 0. The van der Waals surface area contributed by atoms with Crippen molar-refractivity contribution in [3.8, 4) is 0 Å². The van der Waals surface area contributed by atoms with E-state index in [1.165, 1.54) is 0 Å². The molecule has 0 rings (SSSR count). The molecular weight excluding hydrogens is 236 g/mol. The van der Waals surface area contributed by atoms with Gasteiger partial charge in [0.1, 0.15) is 0 Å². The molecule has 0 aromatic carbocycles. The Kier molecular flexibility index (Phi) is 8.53. The second kappa shape index (κ2) is 9.39. The monoisotopic (exact) mass is 256 g/mol. The Morgan fingerprint density at radius 3 is 2.39 bits per heavy atom. The first-order valence-electron chi connectivity index (χ1n) is 6.09. The average molecular weight is 256 g/mol. The summed E-state index contributed by atoms with van der Waals surface area (Å²) in [6, 6.07) is 0. The van der Waals surface area contributed by atoms with Gasteiger partial charge in [-0.05, 0) is 12.8 Å². The number of esters is 2. The van der Waals surface area contributed by atoms with Crippen molar-refractivity contribution in [3.63, 3.8) is 0 Å². The highest BCUT2D eigenvalue weighted by atomic mass is 16.6. The van der Waals surface area contributed by atoms with Gasteiger partial charge in [-0.25, -0.2) is 9.59 Å². The van der Waals surface area contributed by atoms with E-state index in [0.29, 0.717) is 12.8 Å². The van der Waals surface area contributed by atoms with Crippen LogP contribution in [0.15, 0.2) is 12.7 Å². The molecule has 0 N–H and O–H groups in total. The van der Waals surface area contributed by atoms with Gasteiger partial charge in [0.25, 0.3) is 6.10 Å². The molecule has 0 saturated carbocycles. The summed E-state index contributed by atoms with van der Waals surface area (Å²) in [6.07, 6.45) is 1.73. The number of hydrogen-bond acceptors (Lipinski definition) is 5. The molecule has 102 valence electrons. The van der Waals surface area contributed by atoms with Crippen molar-refractivity contribution in [2.24, 2.45) is 0 Å². The van der Waals surface area contributed by atoms with Gasteiger partial charge in [0.2, 0.25) is 0 Å². The van der Waals surface area contributed by atoms with Gasteiger partial charge in [-0.15, -0.1) is 0 Å². The number of ketones is 1. The Bertz CT molecular complexity index is 289. The highest BCUT2D eigenvalue weighted by Crippen LogP contribution is 2.06. The molecule has 1 unspecified atom stereocenters. The maximum Gasteiger partial charge on any atom is 0.355 e. The third-order valence-electron chi connectivity index (χ3n) is 2.13. The Morgan fingerprint density at radius 1 is 1.22 bits per heavy atom. The summed E-state index contributed by atoms with van der Waals surface area (Å²) in [6.45, 7) is 7.17. The van der Waals surface area contributed by atoms with Crippen molar-refractivity contribution >= 4 is 17.7 Å². The second-order valence-electron chi connectivity index (χ2n) is 3.76. The summed E-state index contributed by atoms with van der Waals surface area (Å²) in [5.74, 6) is -2.06. The van der Waals surface area contributed by atoms with Crippen LogP contribution in [0.2, 0.25) is 0 Å². The minimum atomic E-state index is -1.46. The standard InChI is InChI=1S/C13H20O5/c1-4-7-8-10(14)12(18-11(15)6-3)13(16)17-9-5-2/h6,12H,3-5,7-9H2,1-2H3. The van der Waals surface area contributed by atoms with Crippen molar-refractivity contribution in [2.45, 2.75) is 45.6 Å². The first-order valence-corrected chi connectivity index (χ1v) is 6.09. The molecule has 0 fully saturated rings. The topological polar surface area (TPSA) is 69.7 Å². The fraction of sp³-hybridized carbons (Fsp3) is 0.615. The van der Waals surface area contributed by atoms with Crippen LogP contribution in [0.5, 0.6) is 0 Å². The van der Waals surface area contributed by atoms with Crippen LogP contribution in [0.25, 0.3) is 0 Å². The molecule has 0 bridgehead atoms. The van der Waals surface area contributed by atoms with Crippen molar-refractivity contribution in [1.29, 1.82) is 0 Å². The zero-order chi connectivity index (χ0) is 14.0. The van der Waals surface area contributed by atoms with Gasteiger partial charge in [0, 0.05) is 12.5 Å². The van der Waals surface area contributed by atoms with Crippen LogP contribution in [0.3, 0.4) is 0 Å². The number of ether oxygens (including phenoxy) is 2. The van der Waals surface area contributed by atoms with Crippen LogP contribution in [-0.4, -0.2) is 30.4 Å². The van der Waals surface area contributed by atoms with E-state index in [1.54, 1.807) is 0 Å². The molecular formula is C13H20O5. The van der Waals surface area contributed by atoms with Gasteiger partial charge < -0.3 is 9.47 Å². The number of carbonyl (C=O) groups excluding carboxylic acids is 3. The van der Waals surface area contributed by atoms with Crippen LogP contribution in [0.4, 0.5) is 0 Å². The van der Waals surface area contributed by atoms with E-state index in [9.17, 15) is 14.4 Å². The van der Waals surface area contributed by atoms with Crippen molar-refractivity contribution in [3.05, 3.63) is 12.7 Å². The van der Waals surface area contributed by atoms with Gasteiger partial charge in [0.05, 0.1) is 6.61 Å². The second-order valence-corrected chi connectivity index (χ2v) is 3.76. The Labute approximate surface area is 107 Å². The fourth-order valence-electron chi connectivity index (χ4n) is 1.17. The summed E-state index contributed by atoms with van der Waals surface area (Å²) in [7, 11) is 0. The Hall–Kier alpha value is -1.65. The van der Waals surface area contributed by atoms with Crippen molar-refractivity contribution in [2.75, 3.05) is 6.61 Å². The average Bonchev–Trinajstić information content (AvgIpc) is 2.38. The number of rotatable bonds is 9. The first-order chi connectivity index (χ1) is 8.56. The van der Waals surface area contributed by atoms with Gasteiger partial charge >= 0.3 is 11.9 Å². The largest absolute Gasteiger partial charge is 0.463 e. The number of unbranched alkanes of at least 4 members (excludes halogenated alkanes) is 1. The molecule has 1 atom stereocenters. The SMILES string of the molecule is C=CC(=O)OC(C(=O)CCCC)C(=O)OCCC. The summed E-state index contributed by atoms with van der Waals surface area (Å²) < 4.78 is 9.56. The lowest BCUT2D eigenvalue weighted by Crippen LogP contribution is -2.36. The van der Waals surface area contributed by atoms with E-state index >= 15 is 0 Å². The van der Waals surface area contributed by atoms with Gasteiger partial charge in [-0.3, -0.25) is 4.79 Å². The van der Waals surface area contributed by atoms with Gasteiger partial charge in [-0.1, -0.05) is 26.8 Å². The predicted octanol–water partition coefficient (Wildman–Crippen LogP) is 1.80. The van der Waals surface area contributed by atoms with Crippen LogP contribution >= 0.6 is 0 Å². The van der Waals surface area contributed by atoms with E-state index in [1.807, 2.05) is 13.8 Å². The van der Waals surface area contributed by atoms with Crippen LogP contribution < -0.4 is 0 Å². The minimum Gasteiger partial charge on any atom is -0.463 e. The van der Waals surface area contributed by atoms with Crippen LogP contribution in [0, 0.1) is 0 Å². The lowest BCUT2D eigenvalue weighted by atomic mass is 10.1. The van der Waals surface area contributed by atoms with E-state index in [0.717, 1.165) is 12.5 Å². The Morgan fingerprint density at radius 2 is 1.89 bits per heavy atom. The lowest BCUT2D eigenvalue weighted by molar-refractivity contribution is -0.169. The third kappa shape index (κ3) is 6.18. The van der Waals surface area contributed by atoms with Crippen LogP contribution in [0.1, 0.15) is 39.5 Å². The molecule has 0 amide bonds.